The molecule has 48 heavy (non-hydrogen) atoms. The van der Waals surface area contributed by atoms with E-state index in [-0.39, 0.29) is 5.41 Å². The molecule has 0 radical (unpaired) electrons. The average Bonchev–Trinajstić information content (AvgIpc) is 3.73. The van der Waals surface area contributed by atoms with E-state index in [0.29, 0.717) is 0 Å². The average molecular weight is 631 g/mol. The summed E-state index contributed by atoms with van der Waals surface area (Å²) >= 11 is 1.88. The van der Waals surface area contributed by atoms with Crippen LogP contribution < -0.4 is 0 Å². The third-order valence-corrected chi connectivity index (χ3v) is 12.0. The van der Waals surface area contributed by atoms with Crippen molar-refractivity contribution in [1.29, 1.82) is 0 Å². The van der Waals surface area contributed by atoms with E-state index in [4.69, 9.17) is 0 Å². The molecule has 1 aliphatic carbocycles. The highest BCUT2D eigenvalue weighted by Crippen LogP contribution is 2.55. The zero-order valence-corrected chi connectivity index (χ0v) is 27.5. The summed E-state index contributed by atoms with van der Waals surface area (Å²) in [6.45, 7) is 4.79. The molecule has 1 aliphatic heterocycles. The molecule has 0 spiro atoms. The van der Waals surface area contributed by atoms with Gasteiger partial charge in [0, 0.05) is 31.4 Å². The largest absolute Gasteiger partial charge is 0.295 e. The van der Waals surface area contributed by atoms with E-state index in [0.717, 1.165) is 0 Å². The first kappa shape index (κ1) is 26.5. The molecule has 0 saturated carbocycles. The SMILES string of the molecule is CC1(C)c2ccccc2-c2cccc(-n3c4cccc(-c5cccc6ccccc56)c4c4c5cccc6c5n(c43)-c3ccccc3S6)c21. The number of fused-ring (bicyclic) bond motifs is 11. The third-order valence-electron chi connectivity index (χ3n) is 10.9. The van der Waals surface area contributed by atoms with Crippen LogP contribution in [0.4, 0.5) is 0 Å². The van der Waals surface area contributed by atoms with Gasteiger partial charge in [-0.05, 0) is 74.5 Å². The van der Waals surface area contributed by atoms with E-state index in [1.165, 1.54) is 98.2 Å². The molecule has 7 aromatic carbocycles. The van der Waals surface area contributed by atoms with Gasteiger partial charge in [0.15, 0.2) is 0 Å². The van der Waals surface area contributed by atoms with Crippen molar-refractivity contribution in [2.24, 2.45) is 0 Å². The van der Waals surface area contributed by atoms with E-state index in [9.17, 15) is 0 Å². The second-order valence-corrected chi connectivity index (χ2v) is 14.8. The molecule has 2 aromatic heterocycles. The number of hydrogen-bond acceptors (Lipinski definition) is 1. The van der Waals surface area contributed by atoms with Crippen molar-refractivity contribution < 1.29 is 0 Å². The maximum absolute atomic E-state index is 2.60. The topological polar surface area (TPSA) is 9.86 Å². The van der Waals surface area contributed by atoms with Gasteiger partial charge in [0.25, 0.3) is 0 Å². The van der Waals surface area contributed by atoms with Crippen molar-refractivity contribution in [3.63, 3.8) is 0 Å². The molecule has 3 heterocycles. The van der Waals surface area contributed by atoms with E-state index < -0.39 is 0 Å². The Morgan fingerprint density at radius 2 is 1.12 bits per heavy atom. The molecule has 9 aromatic rings. The van der Waals surface area contributed by atoms with E-state index in [1.54, 1.807) is 0 Å². The molecule has 0 N–H and O–H groups in total. The van der Waals surface area contributed by atoms with Crippen LogP contribution in [0.3, 0.4) is 0 Å². The quantitative estimate of drug-likeness (QED) is 0.185. The van der Waals surface area contributed by atoms with Crippen LogP contribution in [0.15, 0.2) is 155 Å². The van der Waals surface area contributed by atoms with Gasteiger partial charge in [-0.15, -0.1) is 0 Å². The number of benzene rings is 7. The zero-order chi connectivity index (χ0) is 31.7. The minimum absolute atomic E-state index is 0.161. The number of hydrogen-bond donors (Lipinski definition) is 0. The van der Waals surface area contributed by atoms with Crippen molar-refractivity contribution in [3.8, 4) is 33.6 Å². The van der Waals surface area contributed by atoms with Crippen molar-refractivity contribution in [2.75, 3.05) is 0 Å². The summed E-state index contributed by atoms with van der Waals surface area (Å²) in [7, 11) is 0. The minimum Gasteiger partial charge on any atom is -0.295 e. The van der Waals surface area contributed by atoms with Gasteiger partial charge in [-0.25, -0.2) is 0 Å². The molecule has 0 unspecified atom stereocenters. The molecule has 2 aliphatic rings. The highest BCUT2D eigenvalue weighted by Gasteiger charge is 2.39. The smallest absolute Gasteiger partial charge is 0.131 e. The first-order valence-corrected chi connectivity index (χ1v) is 17.5. The summed E-state index contributed by atoms with van der Waals surface area (Å²) in [6, 6.07) is 54.1. The standard InChI is InChI=1S/C45H30N2S/c1-45(2)34-21-6-5-16-30(34)32-19-11-24-37(42(32)45)46-36-23-10-18-31(29-17-9-14-27-13-3-4-15-28(27)29)40(36)41-33-20-12-26-39-43(33)47(44(41)46)35-22-7-8-25-38(35)48-39/h3-26H,1-2H3. The van der Waals surface area contributed by atoms with Crippen molar-refractivity contribution >= 4 is 55.4 Å². The van der Waals surface area contributed by atoms with E-state index >= 15 is 0 Å². The van der Waals surface area contributed by atoms with Gasteiger partial charge in [-0.3, -0.25) is 9.13 Å². The Balaban J connectivity index is 1.38. The van der Waals surface area contributed by atoms with Gasteiger partial charge in [-0.2, -0.15) is 0 Å². The monoisotopic (exact) mass is 630 g/mol. The second kappa shape index (κ2) is 9.31. The Morgan fingerprint density at radius 1 is 0.479 bits per heavy atom. The first-order chi connectivity index (χ1) is 23.6. The van der Waals surface area contributed by atoms with Crippen LogP contribution in [-0.2, 0) is 5.41 Å². The molecular formula is C45H30N2S. The molecule has 0 saturated heterocycles. The fourth-order valence-corrected chi connectivity index (χ4v) is 10.0. The lowest BCUT2D eigenvalue weighted by atomic mass is 9.81. The first-order valence-electron chi connectivity index (χ1n) is 16.7. The lowest BCUT2D eigenvalue weighted by Crippen LogP contribution is -2.18. The number of aromatic nitrogens is 2. The Hall–Kier alpha value is -5.51. The van der Waals surface area contributed by atoms with Crippen LogP contribution in [0.5, 0.6) is 0 Å². The lowest BCUT2D eigenvalue weighted by molar-refractivity contribution is 0.656. The molecule has 11 rings (SSSR count). The predicted octanol–water partition coefficient (Wildman–Crippen LogP) is 12.3. The Morgan fingerprint density at radius 3 is 2.08 bits per heavy atom. The molecular weight excluding hydrogens is 601 g/mol. The lowest BCUT2D eigenvalue weighted by Gasteiger charge is -2.26. The van der Waals surface area contributed by atoms with E-state index in [1.807, 2.05) is 11.8 Å². The minimum atomic E-state index is -0.161. The summed E-state index contributed by atoms with van der Waals surface area (Å²) in [4.78, 5) is 2.59. The fraction of sp³-hybridized carbons (Fsp3) is 0.0667. The van der Waals surface area contributed by atoms with Gasteiger partial charge in [0.05, 0.1) is 22.4 Å². The normalized spacial score (nSPS) is 14.1. The second-order valence-electron chi connectivity index (χ2n) is 13.7. The molecule has 0 amide bonds. The molecule has 0 bridgehead atoms. The van der Waals surface area contributed by atoms with Crippen LogP contribution in [0.1, 0.15) is 25.0 Å². The summed E-state index contributed by atoms with van der Waals surface area (Å²) < 4.78 is 5.16. The highest BCUT2D eigenvalue weighted by molar-refractivity contribution is 7.99. The Kier molecular flexibility index (Phi) is 5.15. The fourth-order valence-electron chi connectivity index (χ4n) is 8.95. The maximum Gasteiger partial charge on any atom is 0.131 e. The summed E-state index contributed by atoms with van der Waals surface area (Å²) in [5, 5.41) is 6.46. The molecule has 2 nitrogen and oxygen atoms in total. The number of para-hydroxylation sites is 2. The van der Waals surface area contributed by atoms with Gasteiger partial charge in [0.1, 0.15) is 5.65 Å². The zero-order valence-electron chi connectivity index (χ0n) is 26.7. The molecule has 3 heteroatoms. The van der Waals surface area contributed by atoms with Gasteiger partial charge >= 0.3 is 0 Å². The highest BCUT2D eigenvalue weighted by atomic mass is 32.2. The maximum atomic E-state index is 2.60. The summed E-state index contributed by atoms with van der Waals surface area (Å²) in [5.74, 6) is 0. The molecule has 0 fully saturated rings. The van der Waals surface area contributed by atoms with Crippen LogP contribution in [0.2, 0.25) is 0 Å². The van der Waals surface area contributed by atoms with Crippen LogP contribution in [0.25, 0.3) is 77.2 Å². The number of rotatable bonds is 2. The summed E-state index contributed by atoms with van der Waals surface area (Å²) in [5.41, 5.74) is 14.1. The van der Waals surface area contributed by atoms with Crippen LogP contribution >= 0.6 is 11.8 Å². The van der Waals surface area contributed by atoms with Crippen molar-refractivity contribution in [2.45, 2.75) is 29.1 Å². The van der Waals surface area contributed by atoms with Crippen molar-refractivity contribution in [3.05, 3.63) is 157 Å². The van der Waals surface area contributed by atoms with Gasteiger partial charge in [-0.1, -0.05) is 141 Å². The third kappa shape index (κ3) is 3.25. The van der Waals surface area contributed by atoms with Crippen molar-refractivity contribution in [1.82, 2.24) is 9.13 Å². The van der Waals surface area contributed by atoms with E-state index in [2.05, 4.69) is 169 Å². The Bertz CT molecular complexity index is 2840. The van der Waals surface area contributed by atoms with Gasteiger partial charge in [0.2, 0.25) is 0 Å². The molecule has 226 valence electrons. The van der Waals surface area contributed by atoms with Crippen LogP contribution in [-0.4, -0.2) is 9.13 Å². The Labute approximate surface area is 282 Å². The van der Waals surface area contributed by atoms with Gasteiger partial charge < -0.3 is 0 Å². The van der Waals surface area contributed by atoms with Crippen LogP contribution in [0, 0.1) is 0 Å². The summed E-state index contributed by atoms with van der Waals surface area (Å²) in [6.07, 6.45) is 0. The molecule has 0 atom stereocenters. The number of nitrogens with zero attached hydrogens (tertiary/aromatic N) is 2. The predicted molar refractivity (Wildman–Crippen MR) is 202 cm³/mol.